The van der Waals surface area contributed by atoms with Gasteiger partial charge in [0.2, 0.25) is 11.9 Å². The minimum absolute atomic E-state index is 0.0934. The van der Waals surface area contributed by atoms with E-state index in [1.54, 1.807) is 4.90 Å². The van der Waals surface area contributed by atoms with Gasteiger partial charge in [-0.3, -0.25) is 13.7 Å². The van der Waals surface area contributed by atoms with Crippen LogP contribution in [0.25, 0.3) is 10.8 Å². The first-order chi connectivity index (χ1) is 25.0. The van der Waals surface area contributed by atoms with Crippen LogP contribution >= 0.6 is 0 Å². The Morgan fingerprint density at radius 2 is 1.26 bits per heavy atom. The number of nitrogens with one attached hydrogen (secondary N) is 1. The number of fused-ring (bicyclic) bond motifs is 1. The van der Waals surface area contributed by atoms with E-state index in [9.17, 15) is 43.9 Å². The predicted molar refractivity (Wildman–Crippen MR) is 182 cm³/mol. The van der Waals surface area contributed by atoms with Gasteiger partial charge in [-0.1, -0.05) is 0 Å². The Morgan fingerprint density at radius 1 is 0.698 bits per heavy atom. The minimum atomic E-state index is -5.25. The van der Waals surface area contributed by atoms with E-state index < -0.39 is 74.7 Å². The SMILES string of the molecule is O=S(=O)(O)c1ccc(N=Nc2ccc(N=Nc3c(S(=O)(=O)O)cc4c(S(=O)(=O)O)c(Nc5nc(F)nc(N6CCOCC6)n5)ccc4c3O)cc2)cc1. The van der Waals surface area contributed by atoms with Gasteiger partial charge in [-0.15, -0.1) is 5.11 Å². The number of aromatic hydroxyl groups is 1. The topological polar surface area (TPSA) is 296 Å². The number of azo groups is 2. The Bertz CT molecular complexity index is 2620. The molecular formula is C29H24FN9O11S3. The Balaban J connectivity index is 1.34. The Labute approximate surface area is 299 Å². The van der Waals surface area contributed by atoms with Gasteiger partial charge in [0.05, 0.1) is 40.9 Å². The quantitative estimate of drug-likeness (QED) is 0.0916. The third kappa shape index (κ3) is 8.54. The number of hydrogen-bond acceptors (Lipinski definition) is 17. The van der Waals surface area contributed by atoms with Gasteiger partial charge in [-0.2, -0.15) is 59.9 Å². The maximum Gasteiger partial charge on any atom is 0.315 e. The number of phenols is 1. The van der Waals surface area contributed by atoms with Crippen LogP contribution in [0.15, 0.2) is 102 Å². The van der Waals surface area contributed by atoms with Gasteiger partial charge in [0, 0.05) is 23.9 Å². The second-order valence-electron chi connectivity index (χ2n) is 10.9. The monoisotopic (exact) mass is 789 g/mol. The second kappa shape index (κ2) is 14.4. The summed E-state index contributed by atoms with van der Waals surface area (Å²) in [6.07, 6.45) is -1.22. The molecule has 20 nitrogen and oxygen atoms in total. The van der Waals surface area contributed by atoms with Crippen molar-refractivity contribution in [3.63, 3.8) is 0 Å². The molecule has 2 heterocycles. The van der Waals surface area contributed by atoms with Crippen molar-refractivity contribution < 1.29 is 53.1 Å². The first-order valence-corrected chi connectivity index (χ1v) is 19.1. The van der Waals surface area contributed by atoms with Gasteiger partial charge in [0.15, 0.2) is 5.75 Å². The summed E-state index contributed by atoms with van der Waals surface area (Å²) in [6, 6.07) is 13.4. The van der Waals surface area contributed by atoms with Crippen LogP contribution in [0.1, 0.15) is 0 Å². The zero-order valence-corrected chi connectivity index (χ0v) is 29.0. The maximum atomic E-state index is 14.4. The van der Waals surface area contributed by atoms with E-state index in [-0.39, 0.29) is 27.6 Å². The second-order valence-corrected chi connectivity index (χ2v) is 15.1. The van der Waals surface area contributed by atoms with Crippen LogP contribution in [-0.2, 0) is 35.1 Å². The number of morpholine rings is 1. The summed E-state index contributed by atoms with van der Waals surface area (Å²) < 4.78 is 122. The molecule has 1 aliphatic heterocycles. The molecule has 0 saturated carbocycles. The van der Waals surface area contributed by atoms with Gasteiger partial charge in [0.25, 0.3) is 30.4 Å². The van der Waals surface area contributed by atoms with E-state index in [2.05, 4.69) is 40.7 Å². The van der Waals surface area contributed by atoms with Crippen molar-refractivity contribution in [2.45, 2.75) is 14.7 Å². The van der Waals surface area contributed by atoms with E-state index >= 15 is 0 Å². The lowest BCUT2D eigenvalue weighted by Gasteiger charge is -2.26. The van der Waals surface area contributed by atoms with Crippen molar-refractivity contribution in [3.8, 4) is 5.75 Å². The lowest BCUT2D eigenvalue weighted by Crippen LogP contribution is -2.37. The number of anilines is 3. The average Bonchev–Trinajstić information content (AvgIpc) is 3.09. The highest BCUT2D eigenvalue weighted by Gasteiger charge is 2.28. The third-order valence-electron chi connectivity index (χ3n) is 7.39. The van der Waals surface area contributed by atoms with Crippen LogP contribution in [0, 0.1) is 6.08 Å². The number of hydrogen-bond donors (Lipinski definition) is 5. The van der Waals surface area contributed by atoms with Crippen molar-refractivity contribution in [1.82, 2.24) is 15.0 Å². The van der Waals surface area contributed by atoms with Gasteiger partial charge < -0.3 is 20.1 Å². The number of nitrogens with zero attached hydrogens (tertiary/aromatic N) is 8. The third-order valence-corrected chi connectivity index (χ3v) is 10.1. The highest BCUT2D eigenvalue weighted by Crippen LogP contribution is 2.45. The molecule has 1 aromatic heterocycles. The van der Waals surface area contributed by atoms with Crippen LogP contribution in [0.4, 0.5) is 44.7 Å². The fraction of sp³-hybridized carbons (Fsp3) is 0.138. The van der Waals surface area contributed by atoms with Crippen LogP contribution < -0.4 is 10.2 Å². The molecule has 0 unspecified atom stereocenters. The number of rotatable bonds is 10. The predicted octanol–water partition coefficient (Wildman–Crippen LogP) is 5.02. The molecule has 0 atom stereocenters. The van der Waals surface area contributed by atoms with Gasteiger partial charge in [-0.05, 0) is 66.7 Å². The van der Waals surface area contributed by atoms with Crippen molar-refractivity contribution in [1.29, 1.82) is 0 Å². The van der Waals surface area contributed by atoms with Crippen molar-refractivity contribution in [2.75, 3.05) is 36.5 Å². The molecule has 1 saturated heterocycles. The first-order valence-electron chi connectivity index (χ1n) is 14.8. The Morgan fingerprint density at radius 3 is 1.81 bits per heavy atom. The molecule has 5 N–H and O–H groups in total. The van der Waals surface area contributed by atoms with Crippen molar-refractivity contribution in [3.05, 3.63) is 72.8 Å². The van der Waals surface area contributed by atoms with E-state index in [1.807, 2.05) is 0 Å². The molecule has 0 aliphatic carbocycles. The number of aromatic nitrogens is 3. The van der Waals surface area contributed by atoms with E-state index in [1.165, 1.54) is 36.4 Å². The highest BCUT2D eigenvalue weighted by atomic mass is 32.2. The summed E-state index contributed by atoms with van der Waals surface area (Å²) in [4.78, 5) is 10.5. The number of benzene rings is 4. The number of ether oxygens (including phenoxy) is 1. The summed E-state index contributed by atoms with van der Waals surface area (Å²) >= 11 is 0. The number of halogens is 1. The van der Waals surface area contributed by atoms with Crippen LogP contribution in [0.3, 0.4) is 0 Å². The lowest BCUT2D eigenvalue weighted by atomic mass is 10.1. The molecule has 0 spiro atoms. The molecule has 53 heavy (non-hydrogen) atoms. The van der Waals surface area contributed by atoms with Crippen LogP contribution in [0.2, 0.25) is 0 Å². The Kier molecular flexibility index (Phi) is 10.1. The molecule has 0 radical (unpaired) electrons. The summed E-state index contributed by atoms with van der Waals surface area (Å²) in [7, 11) is -14.9. The van der Waals surface area contributed by atoms with Crippen molar-refractivity contribution >= 4 is 81.5 Å². The molecule has 0 bridgehead atoms. The van der Waals surface area contributed by atoms with Crippen LogP contribution in [-0.4, -0.2) is 85.3 Å². The van der Waals surface area contributed by atoms with E-state index in [0.717, 1.165) is 24.3 Å². The number of phenolic OH excluding ortho intramolecular Hbond substituents is 1. The minimum Gasteiger partial charge on any atom is -0.505 e. The molecule has 5 aromatic rings. The van der Waals surface area contributed by atoms with Crippen LogP contribution in [0.5, 0.6) is 5.75 Å². The summed E-state index contributed by atoms with van der Waals surface area (Å²) in [5, 5.41) is 28.3. The van der Waals surface area contributed by atoms with Gasteiger partial charge in [0.1, 0.15) is 15.5 Å². The average molecular weight is 790 g/mol. The highest BCUT2D eigenvalue weighted by molar-refractivity contribution is 7.86. The van der Waals surface area contributed by atoms with E-state index in [0.29, 0.717) is 38.1 Å². The fourth-order valence-electron chi connectivity index (χ4n) is 4.98. The summed E-state index contributed by atoms with van der Waals surface area (Å²) in [6.45, 7) is 1.28. The maximum absolute atomic E-state index is 14.4. The zero-order valence-electron chi connectivity index (χ0n) is 26.5. The summed E-state index contributed by atoms with van der Waals surface area (Å²) in [5.74, 6) is -1.51. The molecular weight excluding hydrogens is 766 g/mol. The summed E-state index contributed by atoms with van der Waals surface area (Å²) in [5.41, 5.74) is -0.575. The lowest BCUT2D eigenvalue weighted by molar-refractivity contribution is 0.122. The van der Waals surface area contributed by atoms with E-state index in [4.69, 9.17) is 9.29 Å². The standard InChI is InChI=1S/C29H24FN9O11S3/c30-27-32-28(34-29(33-27)39-11-13-50-14-12-39)31-22-10-9-20-21(26(22)53(47,48)49)15-23(52(44,45)46)24(25(20)40)38-37-17-3-1-16(2-4-17)35-36-18-5-7-19(8-6-18)51(41,42)43/h1-10,15,40H,11-14H2,(H,41,42,43)(H,44,45,46)(H,47,48,49)(H,31,32,33,34). The Hall–Kier alpha value is -5.63. The molecule has 24 heteroatoms. The van der Waals surface area contributed by atoms with Gasteiger partial charge >= 0.3 is 6.08 Å². The van der Waals surface area contributed by atoms with Gasteiger partial charge in [-0.25, -0.2) is 0 Å². The van der Waals surface area contributed by atoms with Crippen molar-refractivity contribution in [2.24, 2.45) is 20.5 Å². The molecule has 1 fully saturated rings. The molecule has 0 amide bonds. The molecule has 6 rings (SSSR count). The normalized spacial score (nSPS) is 14.4. The first kappa shape index (κ1) is 37.1. The smallest absolute Gasteiger partial charge is 0.315 e. The largest absolute Gasteiger partial charge is 0.505 e. The molecule has 4 aromatic carbocycles. The molecule has 276 valence electrons. The fourth-order valence-corrected chi connectivity index (χ4v) is 6.95. The zero-order chi connectivity index (χ0) is 38.1. The molecule has 1 aliphatic rings.